The molecule has 0 bridgehead atoms. The number of esters is 2. The van der Waals surface area contributed by atoms with E-state index in [2.05, 4.69) is 46.9 Å². The summed E-state index contributed by atoms with van der Waals surface area (Å²) in [5.74, 6) is 3.81. The average Bonchev–Trinajstić information content (AvgIpc) is 3.67. The quantitative estimate of drug-likeness (QED) is 0.0374. The van der Waals surface area contributed by atoms with Crippen LogP contribution in [-0.2, 0) is 58.4 Å². The normalized spacial score (nSPS) is 13.1. The predicted octanol–water partition coefficient (Wildman–Crippen LogP) is 13.2. The van der Waals surface area contributed by atoms with Crippen LogP contribution in [0.1, 0.15) is 213 Å². The lowest BCUT2D eigenvalue weighted by atomic mass is 10.0. The molecule has 2 aromatic rings. The van der Waals surface area contributed by atoms with Gasteiger partial charge in [-0.3, -0.25) is 18.6 Å². The van der Waals surface area contributed by atoms with Crippen molar-refractivity contribution >= 4 is 19.8 Å². The van der Waals surface area contributed by atoms with Crippen molar-refractivity contribution < 1.29 is 46.4 Å². The van der Waals surface area contributed by atoms with E-state index < -0.39 is 26.5 Å². The molecule has 2 aromatic heterocycles. The van der Waals surface area contributed by atoms with E-state index in [9.17, 15) is 19.0 Å². The highest BCUT2D eigenvalue weighted by Crippen LogP contribution is 2.43. The monoisotopic (exact) mass is 894 g/mol. The van der Waals surface area contributed by atoms with Gasteiger partial charge >= 0.3 is 19.8 Å². The zero-order chi connectivity index (χ0) is 45.4. The van der Waals surface area contributed by atoms with E-state index in [1.807, 2.05) is 0 Å². The van der Waals surface area contributed by atoms with E-state index in [0.29, 0.717) is 13.0 Å². The van der Waals surface area contributed by atoms with E-state index in [1.165, 1.54) is 111 Å². The van der Waals surface area contributed by atoms with Crippen molar-refractivity contribution in [1.82, 2.24) is 5.32 Å². The van der Waals surface area contributed by atoms with Crippen LogP contribution in [0.25, 0.3) is 0 Å². The van der Waals surface area contributed by atoms with Gasteiger partial charge in [0.05, 0.1) is 13.2 Å². The van der Waals surface area contributed by atoms with Crippen molar-refractivity contribution in [3.63, 3.8) is 0 Å². The number of likely N-dealkylation sites (N-methyl/N-ethyl adjacent to an activating group) is 1. The smallest absolute Gasteiger partial charge is 0.466 e. The van der Waals surface area contributed by atoms with Gasteiger partial charge in [-0.15, -0.1) is 0 Å². The van der Waals surface area contributed by atoms with E-state index in [1.54, 1.807) is 7.05 Å². The number of hydrogen-bond acceptors (Lipinski definition) is 10. The van der Waals surface area contributed by atoms with Gasteiger partial charge in [-0.1, -0.05) is 117 Å². The number of ether oxygens (including phenoxy) is 2. The fraction of sp³-hybridized carbons (Fsp3) is 0.800. The summed E-state index contributed by atoms with van der Waals surface area (Å²) in [4.78, 5) is 35.4. The zero-order valence-corrected chi connectivity index (χ0v) is 41.2. The number of carbonyl (C=O) groups excluding carboxylic acids is 2. The second kappa shape index (κ2) is 34.0. The van der Waals surface area contributed by atoms with Crippen LogP contribution < -0.4 is 5.32 Å². The molecule has 2 heterocycles. The molecule has 11 nitrogen and oxygen atoms in total. The summed E-state index contributed by atoms with van der Waals surface area (Å²) in [7, 11) is -2.68. The molecule has 12 heteroatoms. The molecule has 2 N–H and O–H groups in total. The van der Waals surface area contributed by atoms with Gasteiger partial charge in [0.25, 0.3) is 0 Å². The van der Waals surface area contributed by atoms with Crippen molar-refractivity contribution in [1.29, 1.82) is 0 Å². The first-order valence-corrected chi connectivity index (χ1v) is 26.2. The van der Waals surface area contributed by atoms with Crippen molar-refractivity contribution in [3.05, 3.63) is 45.3 Å². The maximum atomic E-state index is 12.8. The summed E-state index contributed by atoms with van der Waals surface area (Å²) in [6.45, 7) is 12.9. The largest absolute Gasteiger partial charge is 0.472 e. The van der Waals surface area contributed by atoms with Gasteiger partial charge in [-0.25, -0.2) is 4.57 Å². The Morgan fingerprint density at radius 3 is 1.32 bits per heavy atom. The van der Waals surface area contributed by atoms with E-state index in [-0.39, 0.29) is 32.0 Å². The lowest BCUT2D eigenvalue weighted by Gasteiger charge is -2.20. The molecule has 0 aliphatic carbocycles. The SMILES string of the molecule is CCCCCc1oc(CCCCCCCCCCCCC(=O)OC[C@H](COP(=O)(O)OCCNC)OC(=O)CCCCCCCCc2oc(CCCCC)c(C)c2C)c(C)c1C. The van der Waals surface area contributed by atoms with E-state index in [0.717, 1.165) is 95.0 Å². The third-order valence-corrected chi connectivity index (χ3v) is 13.1. The summed E-state index contributed by atoms with van der Waals surface area (Å²) >= 11 is 0. The Kier molecular flexibility index (Phi) is 30.5. The summed E-state index contributed by atoms with van der Waals surface area (Å²) in [5.41, 5.74) is 5.30. The third-order valence-electron chi connectivity index (χ3n) is 12.1. The zero-order valence-electron chi connectivity index (χ0n) is 40.3. The lowest BCUT2D eigenvalue weighted by Crippen LogP contribution is -2.29. The van der Waals surface area contributed by atoms with Crippen molar-refractivity contribution in [2.24, 2.45) is 0 Å². The topological polar surface area (TPSA) is 147 Å². The van der Waals surface area contributed by atoms with Gasteiger partial charge in [-0.05, 0) is 95.5 Å². The van der Waals surface area contributed by atoms with Crippen molar-refractivity contribution in [2.75, 3.05) is 33.4 Å². The Labute approximate surface area is 376 Å². The highest BCUT2D eigenvalue weighted by molar-refractivity contribution is 7.47. The molecule has 0 spiro atoms. The minimum Gasteiger partial charge on any atom is -0.466 e. The molecule has 2 rings (SSSR count). The number of aryl methyl sites for hydroxylation is 4. The molecule has 62 heavy (non-hydrogen) atoms. The van der Waals surface area contributed by atoms with Crippen molar-refractivity contribution in [2.45, 2.75) is 227 Å². The van der Waals surface area contributed by atoms with Crippen molar-refractivity contribution in [3.8, 4) is 0 Å². The number of unbranched alkanes of at least 4 members (excludes halogenated alkanes) is 18. The fourth-order valence-corrected chi connectivity index (χ4v) is 8.54. The second-order valence-corrected chi connectivity index (χ2v) is 18.9. The van der Waals surface area contributed by atoms with E-state index >= 15 is 0 Å². The molecular formula is C50H88NO10P. The van der Waals surface area contributed by atoms with Crippen LogP contribution >= 0.6 is 7.82 Å². The van der Waals surface area contributed by atoms with Crippen LogP contribution in [0.15, 0.2) is 8.83 Å². The molecule has 0 aliphatic rings. The van der Waals surface area contributed by atoms with Gasteiger partial charge in [0, 0.05) is 45.1 Å². The molecule has 0 radical (unpaired) electrons. The Morgan fingerprint density at radius 1 is 0.548 bits per heavy atom. The number of carbonyl (C=O) groups is 2. The number of hydrogen-bond donors (Lipinski definition) is 2. The van der Waals surface area contributed by atoms with E-state index in [4.69, 9.17) is 27.4 Å². The minimum absolute atomic E-state index is 0.0292. The molecule has 0 saturated heterocycles. The molecule has 2 atom stereocenters. The summed E-state index contributed by atoms with van der Waals surface area (Å²) < 4.78 is 45.9. The summed E-state index contributed by atoms with van der Waals surface area (Å²) in [5, 5.41) is 2.83. The molecule has 1 unspecified atom stereocenters. The van der Waals surface area contributed by atoms with Crippen LogP contribution in [0.5, 0.6) is 0 Å². The molecular weight excluding hydrogens is 806 g/mol. The Morgan fingerprint density at radius 2 is 0.919 bits per heavy atom. The first kappa shape index (κ1) is 55.7. The fourth-order valence-electron chi connectivity index (χ4n) is 7.79. The first-order chi connectivity index (χ1) is 29.9. The van der Waals surface area contributed by atoms with Crippen LogP contribution in [0.4, 0.5) is 0 Å². The van der Waals surface area contributed by atoms with Gasteiger partial charge in [0.1, 0.15) is 29.6 Å². The maximum Gasteiger partial charge on any atom is 0.472 e. The number of rotatable bonds is 40. The van der Waals surface area contributed by atoms with Gasteiger partial charge in [0.15, 0.2) is 6.10 Å². The molecule has 0 aliphatic heterocycles. The predicted molar refractivity (Wildman–Crippen MR) is 250 cm³/mol. The van der Waals surface area contributed by atoms with Gasteiger partial charge in [0.2, 0.25) is 0 Å². The Bertz CT molecular complexity index is 1530. The maximum absolute atomic E-state index is 12.8. The number of nitrogens with one attached hydrogen (secondary N) is 1. The first-order valence-electron chi connectivity index (χ1n) is 24.7. The molecule has 0 aromatic carbocycles. The summed E-state index contributed by atoms with van der Waals surface area (Å²) in [6, 6.07) is 0. The van der Waals surface area contributed by atoms with Crippen LogP contribution in [0, 0.1) is 27.7 Å². The van der Waals surface area contributed by atoms with Crippen LogP contribution in [-0.4, -0.2) is 56.3 Å². The average molecular weight is 894 g/mol. The second-order valence-electron chi connectivity index (χ2n) is 17.5. The minimum atomic E-state index is -4.38. The van der Waals surface area contributed by atoms with Gasteiger partial charge < -0.3 is 28.5 Å². The molecule has 0 fully saturated rings. The molecule has 358 valence electrons. The Hall–Kier alpha value is -2.43. The number of phosphoric ester groups is 1. The molecule has 0 saturated carbocycles. The lowest BCUT2D eigenvalue weighted by molar-refractivity contribution is -0.161. The molecule has 0 amide bonds. The third kappa shape index (κ3) is 24.6. The standard InChI is InChI=1S/C50H88NO10P/c1-8-10-24-30-45-40(3)42(5)47(60-45)32-26-20-16-14-12-13-15-17-22-28-34-49(52)56-38-44(39-58-62(54,55)57-37-36-51-7)59-50(53)35-29-23-19-18-21-27-33-48-43(6)41(4)46(61-48)31-25-11-9-2/h44,51H,8-39H2,1-7H3,(H,54,55)/t44-/m1/s1. The summed E-state index contributed by atoms with van der Waals surface area (Å²) in [6.07, 6.45) is 27.9. The van der Waals surface area contributed by atoms with Crippen LogP contribution in [0.3, 0.4) is 0 Å². The number of furan rings is 2. The number of phosphoric acid groups is 1. The van der Waals surface area contributed by atoms with Gasteiger partial charge in [-0.2, -0.15) is 0 Å². The highest BCUT2D eigenvalue weighted by Gasteiger charge is 2.26. The Balaban J connectivity index is 1.60. The van der Waals surface area contributed by atoms with Crippen LogP contribution in [0.2, 0.25) is 0 Å². The highest BCUT2D eigenvalue weighted by atomic mass is 31.2.